The maximum atomic E-state index is 9.76. The molecule has 1 aromatic heterocycles. The van der Waals surface area contributed by atoms with Crippen LogP contribution in [0.2, 0.25) is 5.02 Å². The van der Waals surface area contributed by atoms with Gasteiger partial charge in [0.2, 0.25) is 0 Å². The Morgan fingerprint density at radius 1 is 1.00 bits per heavy atom. The number of fused-ring (bicyclic) bond motifs is 1. The Hall–Kier alpha value is -2.04. The van der Waals surface area contributed by atoms with E-state index in [-0.39, 0.29) is 5.75 Å². The fourth-order valence-electron chi connectivity index (χ4n) is 3.38. The summed E-state index contributed by atoms with van der Waals surface area (Å²) in [6.07, 6.45) is 2.52. The van der Waals surface area contributed by atoms with E-state index in [0.29, 0.717) is 0 Å². The van der Waals surface area contributed by atoms with Gasteiger partial charge in [-0.25, -0.2) is 4.98 Å². The molecule has 1 aliphatic heterocycles. The average molecular weight is 342 g/mol. The van der Waals surface area contributed by atoms with Gasteiger partial charge in [0.05, 0.1) is 17.6 Å². The molecule has 3 aromatic rings. The molecular formula is C19H20ClN3O. The molecular weight excluding hydrogens is 322 g/mol. The quantitative estimate of drug-likeness (QED) is 0.778. The van der Waals surface area contributed by atoms with Crippen LogP contribution in [0.3, 0.4) is 0 Å². The molecule has 0 aliphatic carbocycles. The summed E-state index contributed by atoms with van der Waals surface area (Å²) in [6, 6.07) is 13.3. The van der Waals surface area contributed by atoms with E-state index in [1.54, 1.807) is 12.1 Å². The number of benzene rings is 2. The molecule has 1 N–H and O–H groups in total. The zero-order chi connectivity index (χ0) is 16.5. The lowest BCUT2D eigenvalue weighted by Crippen LogP contribution is -2.21. The highest BCUT2D eigenvalue weighted by Crippen LogP contribution is 2.24. The number of hydrogen-bond acceptors (Lipinski definition) is 3. The number of aromatic nitrogens is 2. The maximum absolute atomic E-state index is 9.76. The standard InChI is InChI=1S/C19H20ClN3O/c20-15-5-3-14(4-6-15)12-23-18-8-7-16(24)11-17(18)21-19(23)13-22-9-1-2-10-22/h3-8,11,24H,1-2,9-10,12-13H2. The van der Waals surface area contributed by atoms with Gasteiger partial charge in [0.1, 0.15) is 11.6 Å². The van der Waals surface area contributed by atoms with Crippen LogP contribution in [0.1, 0.15) is 24.2 Å². The van der Waals surface area contributed by atoms with Crippen LogP contribution in [0.15, 0.2) is 42.5 Å². The van der Waals surface area contributed by atoms with Gasteiger partial charge in [-0.15, -0.1) is 0 Å². The summed E-state index contributed by atoms with van der Waals surface area (Å²) in [5.41, 5.74) is 3.09. The van der Waals surface area contributed by atoms with Crippen LogP contribution >= 0.6 is 11.6 Å². The molecule has 0 bridgehead atoms. The van der Waals surface area contributed by atoms with Gasteiger partial charge < -0.3 is 9.67 Å². The first-order valence-electron chi connectivity index (χ1n) is 8.34. The second kappa shape index (κ2) is 6.46. The highest BCUT2D eigenvalue weighted by Gasteiger charge is 2.17. The first kappa shape index (κ1) is 15.5. The Balaban J connectivity index is 1.73. The Kier molecular flexibility index (Phi) is 4.17. The minimum atomic E-state index is 0.256. The number of imidazole rings is 1. The Bertz CT molecular complexity index is 851. The number of nitrogens with zero attached hydrogens (tertiary/aromatic N) is 3. The van der Waals surface area contributed by atoms with Gasteiger partial charge in [-0.2, -0.15) is 0 Å². The van der Waals surface area contributed by atoms with Crippen molar-refractivity contribution in [2.45, 2.75) is 25.9 Å². The molecule has 1 aliphatic rings. The number of phenols is 1. The van der Waals surface area contributed by atoms with Crippen molar-refractivity contribution < 1.29 is 5.11 Å². The SMILES string of the molecule is Oc1ccc2c(c1)nc(CN1CCCC1)n2Cc1ccc(Cl)cc1. The third kappa shape index (κ3) is 3.12. The van der Waals surface area contributed by atoms with E-state index in [9.17, 15) is 5.11 Å². The van der Waals surface area contributed by atoms with Gasteiger partial charge in [0, 0.05) is 17.6 Å². The van der Waals surface area contributed by atoms with Gasteiger partial charge in [0.15, 0.2) is 0 Å². The molecule has 0 atom stereocenters. The lowest BCUT2D eigenvalue weighted by molar-refractivity contribution is 0.318. The summed E-state index contributed by atoms with van der Waals surface area (Å²) in [6.45, 7) is 3.87. The van der Waals surface area contributed by atoms with E-state index in [2.05, 4.69) is 9.47 Å². The summed E-state index contributed by atoms with van der Waals surface area (Å²) in [5.74, 6) is 1.30. The summed E-state index contributed by atoms with van der Waals surface area (Å²) >= 11 is 6.00. The molecule has 5 heteroatoms. The molecule has 1 fully saturated rings. The summed E-state index contributed by atoms with van der Waals surface area (Å²) in [4.78, 5) is 7.23. The molecule has 1 saturated heterocycles. The van der Waals surface area contributed by atoms with Crippen LogP contribution in [-0.2, 0) is 13.1 Å². The molecule has 0 unspecified atom stereocenters. The third-order valence-electron chi connectivity index (χ3n) is 4.63. The fraction of sp³-hybridized carbons (Fsp3) is 0.316. The number of hydrogen-bond donors (Lipinski definition) is 1. The lowest BCUT2D eigenvalue weighted by atomic mass is 10.2. The first-order valence-corrected chi connectivity index (χ1v) is 8.72. The number of aromatic hydroxyl groups is 1. The van der Waals surface area contributed by atoms with Crippen molar-refractivity contribution in [1.29, 1.82) is 0 Å². The first-order chi connectivity index (χ1) is 11.7. The summed E-state index contributed by atoms with van der Waals surface area (Å²) < 4.78 is 2.25. The van der Waals surface area contributed by atoms with E-state index in [0.717, 1.165) is 48.1 Å². The minimum Gasteiger partial charge on any atom is -0.508 e. The molecule has 2 aromatic carbocycles. The third-order valence-corrected chi connectivity index (χ3v) is 4.88. The van der Waals surface area contributed by atoms with Gasteiger partial charge >= 0.3 is 0 Å². The molecule has 0 amide bonds. The van der Waals surface area contributed by atoms with Crippen molar-refractivity contribution in [3.05, 3.63) is 58.9 Å². The molecule has 24 heavy (non-hydrogen) atoms. The van der Waals surface area contributed by atoms with Crippen molar-refractivity contribution in [2.75, 3.05) is 13.1 Å². The van der Waals surface area contributed by atoms with E-state index >= 15 is 0 Å². The molecule has 124 valence electrons. The van der Waals surface area contributed by atoms with Gasteiger partial charge in [-0.1, -0.05) is 23.7 Å². The zero-order valence-electron chi connectivity index (χ0n) is 13.5. The minimum absolute atomic E-state index is 0.256. The van der Waals surface area contributed by atoms with Crippen molar-refractivity contribution in [3.63, 3.8) is 0 Å². The van der Waals surface area contributed by atoms with Crippen LogP contribution in [0, 0.1) is 0 Å². The Morgan fingerprint density at radius 3 is 2.50 bits per heavy atom. The normalized spacial score (nSPS) is 15.4. The Labute approximate surface area is 146 Å². The number of rotatable bonds is 4. The largest absolute Gasteiger partial charge is 0.508 e. The number of halogens is 1. The highest BCUT2D eigenvalue weighted by molar-refractivity contribution is 6.30. The van der Waals surface area contributed by atoms with Crippen molar-refractivity contribution in [3.8, 4) is 5.75 Å². The average Bonchev–Trinajstić information content (AvgIpc) is 3.18. The van der Waals surface area contributed by atoms with Gasteiger partial charge in [-0.3, -0.25) is 4.90 Å². The lowest BCUT2D eigenvalue weighted by Gasteiger charge is -2.16. The smallest absolute Gasteiger partial charge is 0.124 e. The van der Waals surface area contributed by atoms with Crippen molar-refractivity contribution in [2.24, 2.45) is 0 Å². The van der Waals surface area contributed by atoms with Crippen LogP contribution < -0.4 is 0 Å². The Morgan fingerprint density at radius 2 is 1.75 bits per heavy atom. The predicted molar refractivity (Wildman–Crippen MR) is 96.5 cm³/mol. The van der Waals surface area contributed by atoms with Gasteiger partial charge in [-0.05, 0) is 55.8 Å². The maximum Gasteiger partial charge on any atom is 0.124 e. The predicted octanol–water partition coefficient (Wildman–Crippen LogP) is 4.04. The van der Waals surface area contributed by atoms with Crippen LogP contribution in [0.5, 0.6) is 5.75 Å². The topological polar surface area (TPSA) is 41.3 Å². The highest BCUT2D eigenvalue weighted by atomic mass is 35.5. The summed E-state index contributed by atoms with van der Waals surface area (Å²) in [5, 5.41) is 10.5. The van der Waals surface area contributed by atoms with Crippen LogP contribution in [0.4, 0.5) is 0 Å². The molecule has 0 saturated carbocycles. The van der Waals surface area contributed by atoms with Gasteiger partial charge in [0.25, 0.3) is 0 Å². The molecule has 4 rings (SSSR count). The summed E-state index contributed by atoms with van der Waals surface area (Å²) in [7, 11) is 0. The van der Waals surface area contributed by atoms with Crippen molar-refractivity contribution >= 4 is 22.6 Å². The van der Waals surface area contributed by atoms with Crippen LogP contribution in [-0.4, -0.2) is 32.6 Å². The molecule has 2 heterocycles. The van der Waals surface area contributed by atoms with Crippen LogP contribution in [0.25, 0.3) is 11.0 Å². The molecule has 4 nitrogen and oxygen atoms in total. The molecule has 0 spiro atoms. The zero-order valence-corrected chi connectivity index (χ0v) is 14.2. The number of phenolic OH excluding ortho intramolecular Hbond substituents is 1. The molecule has 0 radical (unpaired) electrons. The monoisotopic (exact) mass is 341 g/mol. The van der Waals surface area contributed by atoms with E-state index < -0.39 is 0 Å². The second-order valence-electron chi connectivity index (χ2n) is 6.40. The fourth-order valence-corrected chi connectivity index (χ4v) is 3.50. The van der Waals surface area contributed by atoms with E-state index in [4.69, 9.17) is 16.6 Å². The van der Waals surface area contributed by atoms with Crippen molar-refractivity contribution in [1.82, 2.24) is 14.5 Å². The van der Waals surface area contributed by atoms with E-state index in [1.807, 2.05) is 30.3 Å². The van der Waals surface area contributed by atoms with E-state index in [1.165, 1.54) is 18.4 Å². The second-order valence-corrected chi connectivity index (χ2v) is 6.83. The number of likely N-dealkylation sites (tertiary alicyclic amines) is 1.